The van der Waals surface area contributed by atoms with Crippen molar-refractivity contribution in [2.75, 3.05) is 0 Å². The average Bonchev–Trinajstić information content (AvgIpc) is 1.61. The molecule has 0 fully saturated rings. The van der Waals surface area contributed by atoms with Crippen molar-refractivity contribution in [1.29, 1.82) is 0 Å². The highest BCUT2D eigenvalue weighted by Crippen LogP contribution is 2.44. The maximum atomic E-state index is 6.08. The van der Waals surface area contributed by atoms with E-state index in [-0.39, 0.29) is 0 Å². The summed E-state index contributed by atoms with van der Waals surface area (Å²) >= 11 is 3.76. The lowest BCUT2D eigenvalue weighted by Gasteiger charge is -2.04. The fraction of sp³-hybridized carbons (Fsp3) is 0.0571. The Morgan fingerprint density at radius 3 is 1.04 bits per heavy atom. The third-order valence-electron chi connectivity index (χ3n) is 27.7. The van der Waals surface area contributed by atoms with Crippen LogP contribution in [0, 0.1) is 55.4 Å². The van der Waals surface area contributed by atoms with Gasteiger partial charge in [0.15, 0.2) is 0 Å². The third-order valence-corrected chi connectivity index (χ3v) is 30.2. The van der Waals surface area contributed by atoms with Crippen LogP contribution in [0.1, 0.15) is 44.5 Å². The van der Waals surface area contributed by atoms with E-state index in [1.807, 2.05) is 102 Å². The Hall–Kier alpha value is -17.9. The van der Waals surface area contributed by atoms with Gasteiger partial charge >= 0.3 is 0 Å². The lowest BCUT2D eigenvalue weighted by atomic mass is 9.99. The molecule has 0 spiro atoms. The Balaban J connectivity index is 0.0000000933. The van der Waals surface area contributed by atoms with E-state index in [1.165, 1.54) is 205 Å². The van der Waals surface area contributed by atoms with E-state index in [2.05, 4.69) is 462 Å². The van der Waals surface area contributed by atoms with Crippen molar-refractivity contribution in [3.63, 3.8) is 0 Å². The summed E-state index contributed by atoms with van der Waals surface area (Å²) in [6.07, 6.45) is 0. The molecule has 8 aromatic heterocycles. The van der Waals surface area contributed by atoms with Gasteiger partial charge in [0, 0.05) is 116 Å². The quantitative estimate of drug-likeness (QED) is 0.165. The Labute approximate surface area is 866 Å². The van der Waals surface area contributed by atoms with Crippen molar-refractivity contribution in [1.82, 2.24) is 0 Å². The van der Waals surface area contributed by atoms with Crippen molar-refractivity contribution >= 4 is 195 Å². The Morgan fingerprint density at radius 1 is 0.142 bits per heavy atom. The normalized spacial score (nSPS) is 11.2. The fourth-order valence-electron chi connectivity index (χ4n) is 20.1. The highest BCUT2D eigenvalue weighted by molar-refractivity contribution is 7.26. The van der Waals surface area contributed by atoms with Gasteiger partial charge in [0.1, 0.15) is 67.0 Å². The van der Waals surface area contributed by atoms with E-state index < -0.39 is 0 Å². The number of hydrogen-bond acceptors (Lipinski definition) is 8. The molecule has 0 bridgehead atoms. The number of thiophene rings is 2. The third kappa shape index (κ3) is 19.3. The summed E-state index contributed by atoms with van der Waals surface area (Å²) in [6, 6.07) is 169. The molecule has 30 aromatic rings. The van der Waals surface area contributed by atoms with Crippen LogP contribution in [0.3, 0.4) is 0 Å². The molecule has 0 aliphatic heterocycles. The van der Waals surface area contributed by atoms with Gasteiger partial charge in [-0.1, -0.05) is 416 Å². The van der Waals surface area contributed by atoms with E-state index in [1.54, 1.807) is 0 Å². The van der Waals surface area contributed by atoms with E-state index >= 15 is 0 Å². The van der Waals surface area contributed by atoms with Crippen LogP contribution in [0.25, 0.3) is 239 Å². The minimum Gasteiger partial charge on any atom is -0.456 e. The van der Waals surface area contributed by atoms with E-state index in [0.29, 0.717) is 0 Å². The van der Waals surface area contributed by atoms with Crippen LogP contribution >= 0.6 is 22.7 Å². The molecule has 8 heterocycles. The zero-order chi connectivity index (χ0) is 100. The van der Waals surface area contributed by atoms with Crippen molar-refractivity contribution < 1.29 is 26.5 Å². The highest BCUT2D eigenvalue weighted by Gasteiger charge is 2.19. The largest absolute Gasteiger partial charge is 0.456 e. The van der Waals surface area contributed by atoms with Crippen LogP contribution in [0.5, 0.6) is 0 Å². The number of furan rings is 6. The molecule has 30 rings (SSSR count). The monoisotopic (exact) mass is 1940 g/mol. The molecule has 0 unspecified atom stereocenters. The highest BCUT2D eigenvalue weighted by atomic mass is 32.1. The first-order chi connectivity index (χ1) is 72.6. The maximum absolute atomic E-state index is 6.08. The summed E-state index contributed by atoms with van der Waals surface area (Å²) in [7, 11) is 0. The van der Waals surface area contributed by atoms with E-state index in [4.69, 9.17) is 26.5 Å². The number of para-hydroxylation sites is 7. The van der Waals surface area contributed by atoms with Gasteiger partial charge in [0.25, 0.3) is 0 Å². The lowest BCUT2D eigenvalue weighted by molar-refractivity contribution is 0.668. The molecular weight excluding hydrogens is 1840 g/mol. The van der Waals surface area contributed by atoms with Crippen molar-refractivity contribution in [3.05, 3.63) is 530 Å². The lowest BCUT2D eigenvalue weighted by Crippen LogP contribution is -1.80. The van der Waals surface area contributed by atoms with Gasteiger partial charge in [0.2, 0.25) is 0 Å². The van der Waals surface area contributed by atoms with E-state index in [0.717, 1.165) is 78.1 Å². The summed E-state index contributed by atoms with van der Waals surface area (Å²) in [5.74, 6) is 0. The molecule has 0 aliphatic rings. The second kappa shape index (κ2) is 41.4. The minimum atomic E-state index is 0.946. The van der Waals surface area contributed by atoms with Crippen LogP contribution in [0.2, 0.25) is 0 Å². The number of hydrogen-bond donors (Lipinski definition) is 0. The van der Waals surface area contributed by atoms with Crippen LogP contribution in [0.4, 0.5) is 0 Å². The van der Waals surface area contributed by atoms with Crippen molar-refractivity contribution in [2.45, 2.75) is 55.4 Å². The van der Waals surface area contributed by atoms with Crippen LogP contribution < -0.4 is 0 Å². The molecule has 0 amide bonds. The second-order valence-electron chi connectivity index (χ2n) is 38.1. The summed E-state index contributed by atoms with van der Waals surface area (Å²) in [5.41, 5.74) is 36.2. The molecule has 0 saturated carbocycles. The molecule has 6 nitrogen and oxygen atoms in total. The smallest absolute Gasteiger partial charge is 0.143 e. The fourth-order valence-corrected chi connectivity index (χ4v) is 22.4. The van der Waals surface area contributed by atoms with Gasteiger partial charge in [-0.25, -0.2) is 0 Å². The van der Waals surface area contributed by atoms with Crippen LogP contribution in [0.15, 0.2) is 512 Å². The summed E-state index contributed by atoms with van der Waals surface area (Å²) in [5, 5.41) is 19.8. The van der Waals surface area contributed by atoms with E-state index in [9.17, 15) is 0 Å². The molecule has 22 aromatic carbocycles. The Kier molecular flexibility index (Phi) is 26.2. The molecule has 0 N–H and O–H groups in total. The number of aryl methyl sites for hydroxylation is 8. The predicted octanol–water partition coefficient (Wildman–Crippen LogP) is 42.1. The SMILES string of the molecule is Cc1ccc(-c2ccc3c(c2)oc2ccccc23)cc1.Cc1ccc(-c2ccc3oc4ccccc4c3c2)cc1.Cc1ccc(-c2cccc3c2oc2ccccc23)cc1.Cc1ccc(-c2cccc3oc4ccccc4c23)cc1.Cc1ccc2c(c1)oc1cc(-c3ccccc3)ccc12.Cc1cccc(-c2cccc3c2oc2ccccc23)c1.Cc1cccc2c1sc1ccccc12.Cc1cccc2sc3ccccc3c12. The molecule has 0 aliphatic carbocycles. The molecule has 148 heavy (non-hydrogen) atoms. The summed E-state index contributed by atoms with van der Waals surface area (Å²) in [4.78, 5) is 0. The van der Waals surface area contributed by atoms with Crippen molar-refractivity contribution in [2.24, 2.45) is 0 Å². The van der Waals surface area contributed by atoms with Crippen LogP contribution in [-0.4, -0.2) is 0 Å². The first-order valence-corrected chi connectivity index (χ1v) is 51.9. The number of benzene rings is 22. The first kappa shape index (κ1) is 93.7. The van der Waals surface area contributed by atoms with Gasteiger partial charge in [-0.2, -0.15) is 0 Å². The molecule has 0 saturated heterocycles. The Morgan fingerprint density at radius 2 is 0.466 bits per heavy atom. The summed E-state index contributed by atoms with van der Waals surface area (Å²) < 4.78 is 41.5. The molecule has 712 valence electrons. The predicted molar refractivity (Wildman–Crippen MR) is 631 cm³/mol. The van der Waals surface area contributed by atoms with Gasteiger partial charge < -0.3 is 26.5 Å². The minimum absolute atomic E-state index is 0.946. The maximum Gasteiger partial charge on any atom is 0.143 e. The van der Waals surface area contributed by atoms with Gasteiger partial charge in [0.05, 0.1) is 0 Å². The first-order valence-electron chi connectivity index (χ1n) is 50.2. The second-order valence-corrected chi connectivity index (χ2v) is 40.2. The Bertz CT molecular complexity index is 10000. The van der Waals surface area contributed by atoms with Crippen LogP contribution in [-0.2, 0) is 0 Å². The van der Waals surface area contributed by atoms with Gasteiger partial charge in [-0.3, -0.25) is 0 Å². The molecular formula is C140H104O6S2. The van der Waals surface area contributed by atoms with Gasteiger partial charge in [-0.15, -0.1) is 22.7 Å². The zero-order valence-electron chi connectivity index (χ0n) is 83.5. The standard InChI is InChI=1S/6C19H14O.2C13H10S/c1-13-6-4-7-14(12-13)15-9-5-10-17-16-8-2-3-11-18(16)20-19(15)17;1-13-9-11-14(12-10-13)15-6-4-7-17-16-5-2-3-8-18(16)20-19(15)17;1-13-9-11-14(12-10-13)15-6-4-8-18-19(15)16-5-2-3-7-17(16)20-18;1-13-6-8-14(9-7-13)15-10-11-19-17(12-15)16-4-2-3-5-18(16)20-19;1-13-6-8-14(9-7-13)15-10-11-17-16-4-2-3-5-18(16)20-19(17)12-15;1-13-7-9-16-17-10-8-15(14-5-3-2-4-6-14)12-19(17)20-18(16)11-13;1-9-5-4-7-11-10-6-2-3-8-12(10)14-13(9)11;1-9-5-4-8-12-13(9)10-6-2-3-7-11(10)14-12/h6*2-12H,1H3;2*2-8H,1H3. The molecule has 8 heteroatoms. The number of rotatable bonds is 6. The topological polar surface area (TPSA) is 78.8 Å². The zero-order valence-corrected chi connectivity index (χ0v) is 85.1. The molecule has 0 radical (unpaired) electrons. The van der Waals surface area contributed by atoms with Gasteiger partial charge in [-0.05, 0) is 225 Å². The average molecular weight is 1950 g/mol. The number of fused-ring (bicyclic) bond motifs is 24. The summed E-state index contributed by atoms with van der Waals surface area (Å²) in [6.45, 7) is 17.0. The van der Waals surface area contributed by atoms with Crippen molar-refractivity contribution in [3.8, 4) is 66.8 Å². The molecule has 0 atom stereocenters.